The first-order valence-electron chi connectivity index (χ1n) is 7.31. The zero-order chi connectivity index (χ0) is 13.8. The van der Waals surface area contributed by atoms with E-state index >= 15 is 0 Å². The van der Waals surface area contributed by atoms with Crippen molar-refractivity contribution in [3.05, 3.63) is 0 Å². The molecule has 0 bridgehead atoms. The van der Waals surface area contributed by atoms with E-state index < -0.39 is 5.97 Å². The Morgan fingerprint density at radius 3 is 2.58 bits per heavy atom. The van der Waals surface area contributed by atoms with Crippen LogP contribution in [0.1, 0.15) is 44.9 Å². The summed E-state index contributed by atoms with van der Waals surface area (Å²) < 4.78 is 0. The number of carboxylic acids is 1. The fourth-order valence-electron chi connectivity index (χ4n) is 3.10. The molecular formula is C14H24N2O3. The van der Waals surface area contributed by atoms with E-state index in [-0.39, 0.29) is 19.0 Å². The smallest absolute Gasteiger partial charge is 0.317 e. The van der Waals surface area contributed by atoms with Crippen LogP contribution in [0.2, 0.25) is 0 Å². The highest BCUT2D eigenvalue weighted by molar-refractivity contribution is 5.75. The molecule has 5 nitrogen and oxygen atoms in total. The fraction of sp³-hybridized carbons (Fsp3) is 0.857. The molecule has 2 atom stereocenters. The van der Waals surface area contributed by atoms with Gasteiger partial charge in [-0.15, -0.1) is 0 Å². The monoisotopic (exact) mass is 268 g/mol. The molecule has 19 heavy (non-hydrogen) atoms. The lowest BCUT2D eigenvalue weighted by atomic mass is 9.85. The Bertz CT molecular complexity index is 340. The third kappa shape index (κ3) is 4.11. The van der Waals surface area contributed by atoms with Crippen LogP contribution in [0.4, 0.5) is 4.79 Å². The maximum atomic E-state index is 11.9. The Morgan fingerprint density at radius 1 is 1.26 bits per heavy atom. The molecule has 0 aliphatic heterocycles. The van der Waals surface area contributed by atoms with Crippen molar-refractivity contribution in [1.82, 2.24) is 10.2 Å². The summed E-state index contributed by atoms with van der Waals surface area (Å²) in [6.45, 7) is 0.266. The number of nitrogens with one attached hydrogen (secondary N) is 1. The third-order valence-corrected chi connectivity index (χ3v) is 4.41. The van der Waals surface area contributed by atoms with Crippen LogP contribution in [0.25, 0.3) is 0 Å². The van der Waals surface area contributed by atoms with Crippen molar-refractivity contribution in [2.45, 2.75) is 51.0 Å². The van der Waals surface area contributed by atoms with Gasteiger partial charge in [0.05, 0.1) is 6.42 Å². The molecule has 0 spiro atoms. The number of urea groups is 1. The summed E-state index contributed by atoms with van der Waals surface area (Å²) in [5, 5.41) is 11.6. The van der Waals surface area contributed by atoms with E-state index in [1.165, 1.54) is 37.0 Å². The summed E-state index contributed by atoms with van der Waals surface area (Å²) in [5.41, 5.74) is 0. The summed E-state index contributed by atoms with van der Waals surface area (Å²) in [7, 11) is 1.65. The van der Waals surface area contributed by atoms with E-state index in [0.29, 0.717) is 12.0 Å². The van der Waals surface area contributed by atoms with E-state index in [1.807, 2.05) is 0 Å². The van der Waals surface area contributed by atoms with E-state index in [2.05, 4.69) is 5.32 Å². The fourth-order valence-corrected chi connectivity index (χ4v) is 3.10. The number of carbonyl (C=O) groups excluding carboxylic acids is 1. The molecule has 2 aliphatic carbocycles. The SMILES string of the molecule is CN(CCC(=O)O)C(=O)N[C@@H]1C[C@H]1C1CCCCC1. The standard InChI is InChI=1S/C14H24N2O3/c1-16(8-7-13(17)18)14(19)15-12-9-11(12)10-5-3-2-4-6-10/h10-12H,2-9H2,1H3,(H,15,19)(H,17,18)/t11-,12+/m0/s1. The van der Waals surface area contributed by atoms with Crippen molar-refractivity contribution in [2.75, 3.05) is 13.6 Å². The van der Waals surface area contributed by atoms with Crippen LogP contribution in [0.5, 0.6) is 0 Å². The largest absolute Gasteiger partial charge is 0.481 e. The highest BCUT2D eigenvalue weighted by Gasteiger charge is 2.44. The van der Waals surface area contributed by atoms with Crippen LogP contribution >= 0.6 is 0 Å². The van der Waals surface area contributed by atoms with Crippen molar-refractivity contribution in [2.24, 2.45) is 11.8 Å². The van der Waals surface area contributed by atoms with Gasteiger partial charge in [-0.05, 0) is 18.3 Å². The zero-order valence-electron chi connectivity index (χ0n) is 11.6. The quantitative estimate of drug-likeness (QED) is 0.802. The van der Waals surface area contributed by atoms with Crippen LogP contribution in [-0.4, -0.2) is 41.6 Å². The zero-order valence-corrected chi connectivity index (χ0v) is 11.6. The summed E-state index contributed by atoms with van der Waals surface area (Å²) in [6.07, 6.45) is 7.75. The predicted molar refractivity (Wildman–Crippen MR) is 71.9 cm³/mol. The van der Waals surface area contributed by atoms with Crippen LogP contribution in [-0.2, 0) is 4.79 Å². The number of carboxylic acid groups (broad SMARTS) is 1. The molecule has 0 aromatic heterocycles. The first-order valence-corrected chi connectivity index (χ1v) is 7.31. The summed E-state index contributed by atoms with van der Waals surface area (Å²) >= 11 is 0. The molecule has 2 N–H and O–H groups in total. The van der Waals surface area contributed by atoms with Crippen LogP contribution in [0.3, 0.4) is 0 Å². The van der Waals surface area contributed by atoms with Crippen molar-refractivity contribution in [3.8, 4) is 0 Å². The number of hydrogen-bond acceptors (Lipinski definition) is 2. The summed E-state index contributed by atoms with van der Waals surface area (Å²) in [6, 6.07) is 0.187. The van der Waals surface area contributed by atoms with Gasteiger partial charge < -0.3 is 15.3 Å². The average molecular weight is 268 g/mol. The van der Waals surface area contributed by atoms with Crippen LogP contribution in [0.15, 0.2) is 0 Å². The van der Waals surface area contributed by atoms with Gasteiger partial charge in [0.25, 0.3) is 0 Å². The number of nitrogens with zero attached hydrogens (tertiary/aromatic N) is 1. The topological polar surface area (TPSA) is 69.6 Å². The number of carbonyl (C=O) groups is 2. The van der Waals surface area contributed by atoms with Gasteiger partial charge in [0, 0.05) is 19.6 Å². The van der Waals surface area contributed by atoms with E-state index in [4.69, 9.17) is 5.11 Å². The molecule has 2 saturated carbocycles. The Kier molecular flexibility index (Phi) is 4.66. The Morgan fingerprint density at radius 2 is 1.95 bits per heavy atom. The van der Waals surface area contributed by atoms with Gasteiger partial charge in [-0.25, -0.2) is 4.79 Å². The van der Waals surface area contributed by atoms with Crippen LogP contribution < -0.4 is 5.32 Å². The highest BCUT2D eigenvalue weighted by atomic mass is 16.4. The number of amides is 2. The lowest BCUT2D eigenvalue weighted by molar-refractivity contribution is -0.137. The first kappa shape index (κ1) is 14.2. The molecule has 2 amide bonds. The lowest BCUT2D eigenvalue weighted by Gasteiger charge is -2.22. The molecule has 5 heteroatoms. The molecule has 2 fully saturated rings. The van der Waals surface area contributed by atoms with Gasteiger partial charge in [-0.3, -0.25) is 4.79 Å². The van der Waals surface area contributed by atoms with Crippen molar-refractivity contribution in [1.29, 1.82) is 0 Å². The second kappa shape index (κ2) is 6.26. The number of rotatable bonds is 5. The molecule has 0 aromatic rings. The van der Waals surface area contributed by atoms with Crippen molar-refractivity contribution < 1.29 is 14.7 Å². The van der Waals surface area contributed by atoms with E-state index in [1.54, 1.807) is 7.05 Å². The average Bonchev–Trinajstić information content (AvgIpc) is 3.16. The highest BCUT2D eigenvalue weighted by Crippen LogP contribution is 2.44. The second-order valence-electron chi connectivity index (χ2n) is 5.92. The summed E-state index contributed by atoms with van der Waals surface area (Å²) in [4.78, 5) is 23.8. The van der Waals surface area contributed by atoms with Crippen molar-refractivity contribution in [3.63, 3.8) is 0 Å². The van der Waals surface area contributed by atoms with E-state index in [0.717, 1.165) is 12.3 Å². The summed E-state index contributed by atoms with van der Waals surface area (Å²) in [5.74, 6) is 0.589. The molecule has 108 valence electrons. The van der Waals surface area contributed by atoms with Gasteiger partial charge in [-0.2, -0.15) is 0 Å². The molecular weight excluding hydrogens is 244 g/mol. The molecule has 0 saturated heterocycles. The molecule has 0 unspecified atom stereocenters. The van der Waals surface area contributed by atoms with Gasteiger partial charge in [0.15, 0.2) is 0 Å². The maximum Gasteiger partial charge on any atom is 0.317 e. The minimum absolute atomic E-state index is 0.000635. The molecule has 2 rings (SSSR count). The third-order valence-electron chi connectivity index (χ3n) is 4.41. The predicted octanol–water partition coefficient (Wildman–Crippen LogP) is 2.07. The minimum Gasteiger partial charge on any atom is -0.481 e. The van der Waals surface area contributed by atoms with Gasteiger partial charge in [-0.1, -0.05) is 32.1 Å². The first-order chi connectivity index (χ1) is 9.08. The molecule has 0 aromatic carbocycles. The van der Waals surface area contributed by atoms with Crippen LogP contribution in [0, 0.1) is 11.8 Å². The molecule has 0 radical (unpaired) electrons. The van der Waals surface area contributed by atoms with Gasteiger partial charge >= 0.3 is 12.0 Å². The Labute approximate surface area is 114 Å². The normalized spacial score (nSPS) is 26.8. The molecule has 2 aliphatic rings. The lowest BCUT2D eigenvalue weighted by Crippen LogP contribution is -2.40. The maximum absolute atomic E-state index is 11.9. The van der Waals surface area contributed by atoms with Gasteiger partial charge in [0.2, 0.25) is 0 Å². The number of hydrogen-bond donors (Lipinski definition) is 2. The minimum atomic E-state index is -0.869. The number of aliphatic carboxylic acids is 1. The Hall–Kier alpha value is -1.26. The van der Waals surface area contributed by atoms with E-state index in [9.17, 15) is 9.59 Å². The Balaban J connectivity index is 1.67. The molecule has 0 heterocycles. The van der Waals surface area contributed by atoms with Gasteiger partial charge in [0.1, 0.15) is 0 Å². The second-order valence-corrected chi connectivity index (χ2v) is 5.92. The van der Waals surface area contributed by atoms with Crippen molar-refractivity contribution >= 4 is 12.0 Å².